The zero-order chi connectivity index (χ0) is 18.7. The maximum Gasteiger partial charge on any atom is 0.336 e. The van der Waals surface area contributed by atoms with Gasteiger partial charge in [-0.05, 0) is 36.1 Å². The van der Waals surface area contributed by atoms with Crippen LogP contribution in [0.3, 0.4) is 0 Å². The maximum absolute atomic E-state index is 12.4. The Hall–Kier alpha value is -2.93. The van der Waals surface area contributed by atoms with Gasteiger partial charge < -0.3 is 15.1 Å². The molecule has 6 nitrogen and oxygen atoms in total. The van der Waals surface area contributed by atoms with Crippen LogP contribution in [0.5, 0.6) is 0 Å². The number of carbonyl (C=O) groups excluding carboxylic acids is 2. The molecule has 2 N–H and O–H groups in total. The summed E-state index contributed by atoms with van der Waals surface area (Å²) in [7, 11) is 0. The Kier molecular flexibility index (Phi) is 5.18. The van der Waals surface area contributed by atoms with E-state index in [2.05, 4.69) is 10.6 Å². The molecular formula is C19H18N2O4S. The Morgan fingerprint density at radius 1 is 1.23 bits per heavy atom. The van der Waals surface area contributed by atoms with Gasteiger partial charge in [-0.15, -0.1) is 11.3 Å². The van der Waals surface area contributed by atoms with E-state index in [-0.39, 0.29) is 24.3 Å². The lowest BCUT2D eigenvalue weighted by Crippen LogP contribution is -2.29. The third-order valence-electron chi connectivity index (χ3n) is 3.89. The minimum atomic E-state index is -0.429. The molecule has 0 unspecified atom stereocenters. The van der Waals surface area contributed by atoms with E-state index >= 15 is 0 Å². The van der Waals surface area contributed by atoms with E-state index in [4.69, 9.17) is 4.42 Å². The van der Waals surface area contributed by atoms with Crippen molar-refractivity contribution < 1.29 is 14.0 Å². The fourth-order valence-electron chi connectivity index (χ4n) is 2.76. The van der Waals surface area contributed by atoms with Crippen molar-refractivity contribution in [1.82, 2.24) is 5.32 Å². The molecule has 1 aromatic carbocycles. The van der Waals surface area contributed by atoms with E-state index in [1.54, 1.807) is 18.2 Å². The van der Waals surface area contributed by atoms with Crippen LogP contribution in [0.25, 0.3) is 11.0 Å². The van der Waals surface area contributed by atoms with Gasteiger partial charge in [0.15, 0.2) is 0 Å². The summed E-state index contributed by atoms with van der Waals surface area (Å²) in [6.07, 6.45) is 0.107. The number of benzene rings is 1. The summed E-state index contributed by atoms with van der Waals surface area (Å²) in [5, 5.41) is 8.30. The molecule has 0 spiro atoms. The first-order valence-corrected chi connectivity index (χ1v) is 8.95. The molecule has 0 saturated carbocycles. The molecule has 0 aliphatic carbocycles. The van der Waals surface area contributed by atoms with Crippen LogP contribution in [-0.2, 0) is 9.59 Å². The number of fused-ring (bicyclic) bond motifs is 1. The van der Waals surface area contributed by atoms with Crippen molar-refractivity contribution in [2.75, 3.05) is 5.32 Å². The van der Waals surface area contributed by atoms with Gasteiger partial charge in [0, 0.05) is 35.0 Å². The van der Waals surface area contributed by atoms with Crippen LogP contribution in [-0.4, -0.2) is 11.8 Å². The molecular weight excluding hydrogens is 352 g/mol. The van der Waals surface area contributed by atoms with Crippen molar-refractivity contribution in [3.63, 3.8) is 0 Å². The zero-order valence-electron chi connectivity index (χ0n) is 14.4. The summed E-state index contributed by atoms with van der Waals surface area (Å²) in [5.74, 6) is -0.439. The molecule has 26 heavy (non-hydrogen) atoms. The largest absolute Gasteiger partial charge is 0.423 e. The number of hydrogen-bond acceptors (Lipinski definition) is 5. The number of carbonyl (C=O) groups is 2. The molecule has 0 bridgehead atoms. The summed E-state index contributed by atoms with van der Waals surface area (Å²) in [5.41, 5.74) is 1.34. The molecule has 134 valence electrons. The minimum absolute atomic E-state index is 0.107. The lowest BCUT2D eigenvalue weighted by Gasteiger charge is -2.16. The highest BCUT2D eigenvalue weighted by Crippen LogP contribution is 2.24. The van der Waals surface area contributed by atoms with Gasteiger partial charge in [-0.2, -0.15) is 0 Å². The highest BCUT2D eigenvalue weighted by Gasteiger charge is 2.18. The van der Waals surface area contributed by atoms with Crippen LogP contribution in [0.2, 0.25) is 0 Å². The number of nitrogens with one attached hydrogen (secondary N) is 2. The molecule has 0 saturated heterocycles. The number of thiophene rings is 1. The van der Waals surface area contributed by atoms with Crippen molar-refractivity contribution >= 4 is 39.8 Å². The summed E-state index contributed by atoms with van der Waals surface area (Å²) >= 11 is 1.48. The van der Waals surface area contributed by atoms with Gasteiger partial charge in [0.1, 0.15) is 5.58 Å². The topological polar surface area (TPSA) is 88.4 Å². The molecule has 7 heteroatoms. The van der Waals surface area contributed by atoms with Crippen LogP contribution in [0.4, 0.5) is 5.69 Å². The molecule has 2 amide bonds. The van der Waals surface area contributed by atoms with Gasteiger partial charge in [-0.3, -0.25) is 9.59 Å². The van der Waals surface area contributed by atoms with Crippen molar-refractivity contribution in [2.24, 2.45) is 0 Å². The standard InChI is InChI=1S/C19H18N2O4S/c1-11-8-19(24)25-16-9-13(5-6-14(11)16)21-18(23)10-15(20-12(2)22)17-4-3-7-26-17/h3-9,15H,10H2,1-2H3,(H,20,22)(H,21,23)/t15-/m1/s1. The number of rotatable bonds is 5. The van der Waals surface area contributed by atoms with Gasteiger partial charge in [0.25, 0.3) is 0 Å². The highest BCUT2D eigenvalue weighted by molar-refractivity contribution is 7.10. The number of amides is 2. The third-order valence-corrected chi connectivity index (χ3v) is 4.87. The van der Waals surface area contributed by atoms with Crippen molar-refractivity contribution in [3.8, 4) is 0 Å². The third kappa shape index (κ3) is 4.18. The molecule has 2 heterocycles. The molecule has 1 atom stereocenters. The predicted molar refractivity (Wildman–Crippen MR) is 101 cm³/mol. The van der Waals surface area contributed by atoms with E-state index in [0.717, 1.165) is 15.8 Å². The lowest BCUT2D eigenvalue weighted by molar-refractivity contribution is -0.120. The van der Waals surface area contributed by atoms with Crippen LogP contribution < -0.4 is 16.3 Å². The number of aryl methyl sites for hydroxylation is 1. The first kappa shape index (κ1) is 17.9. The first-order chi connectivity index (χ1) is 12.4. The molecule has 0 fully saturated rings. The molecule has 0 aliphatic heterocycles. The lowest BCUT2D eigenvalue weighted by atomic mass is 10.1. The monoisotopic (exact) mass is 370 g/mol. The van der Waals surface area contributed by atoms with Crippen LogP contribution in [0.15, 0.2) is 51.0 Å². The van der Waals surface area contributed by atoms with Gasteiger partial charge >= 0.3 is 5.63 Å². The Morgan fingerprint density at radius 2 is 2.04 bits per heavy atom. The SMILES string of the molecule is CC(=O)N[C@H](CC(=O)Nc1ccc2c(C)cc(=O)oc2c1)c1cccs1. The predicted octanol–water partition coefficient (Wildman–Crippen LogP) is 3.37. The average Bonchev–Trinajstić information content (AvgIpc) is 3.07. The van der Waals surface area contributed by atoms with E-state index in [9.17, 15) is 14.4 Å². The second-order valence-electron chi connectivity index (χ2n) is 5.98. The zero-order valence-corrected chi connectivity index (χ0v) is 15.2. The smallest absolute Gasteiger partial charge is 0.336 e. The van der Waals surface area contributed by atoms with E-state index in [0.29, 0.717) is 11.3 Å². The fraction of sp³-hybridized carbons (Fsp3) is 0.211. The summed E-state index contributed by atoms with van der Waals surface area (Å²) in [6, 6.07) is 9.99. The second-order valence-corrected chi connectivity index (χ2v) is 6.96. The van der Waals surface area contributed by atoms with Crippen molar-refractivity contribution in [2.45, 2.75) is 26.3 Å². The van der Waals surface area contributed by atoms with Crippen LogP contribution in [0.1, 0.15) is 29.8 Å². The second kappa shape index (κ2) is 7.53. The Bertz CT molecular complexity index is 1010. The van der Waals surface area contributed by atoms with Gasteiger partial charge in [0.05, 0.1) is 12.5 Å². The Balaban J connectivity index is 1.77. The summed E-state index contributed by atoms with van der Waals surface area (Å²) in [4.78, 5) is 36.3. The minimum Gasteiger partial charge on any atom is -0.423 e. The number of anilines is 1. The average molecular weight is 370 g/mol. The molecule has 0 aliphatic rings. The molecule has 3 aromatic rings. The molecule has 0 radical (unpaired) electrons. The Labute approximate surface area is 153 Å². The highest BCUT2D eigenvalue weighted by atomic mass is 32.1. The summed E-state index contributed by atoms with van der Waals surface area (Å²) in [6.45, 7) is 3.25. The van der Waals surface area contributed by atoms with Crippen LogP contribution in [0, 0.1) is 6.92 Å². The van der Waals surface area contributed by atoms with Gasteiger partial charge in [0.2, 0.25) is 11.8 Å². The van der Waals surface area contributed by atoms with Crippen molar-refractivity contribution in [1.29, 1.82) is 0 Å². The first-order valence-electron chi connectivity index (χ1n) is 8.07. The maximum atomic E-state index is 12.4. The quantitative estimate of drug-likeness (QED) is 0.674. The summed E-state index contributed by atoms with van der Waals surface area (Å²) < 4.78 is 5.20. The van der Waals surface area contributed by atoms with Gasteiger partial charge in [-0.25, -0.2) is 4.79 Å². The molecule has 2 aromatic heterocycles. The Morgan fingerprint density at radius 3 is 2.73 bits per heavy atom. The van der Waals surface area contributed by atoms with E-state index in [1.807, 2.05) is 24.4 Å². The normalized spacial score (nSPS) is 11.9. The molecule has 3 rings (SSSR count). The van der Waals surface area contributed by atoms with E-state index < -0.39 is 5.63 Å². The fourth-order valence-corrected chi connectivity index (χ4v) is 3.54. The van der Waals surface area contributed by atoms with Crippen LogP contribution >= 0.6 is 11.3 Å². The van der Waals surface area contributed by atoms with Crippen molar-refractivity contribution in [3.05, 3.63) is 62.6 Å². The number of hydrogen-bond donors (Lipinski definition) is 2. The van der Waals surface area contributed by atoms with Gasteiger partial charge in [-0.1, -0.05) is 6.07 Å². The van der Waals surface area contributed by atoms with E-state index in [1.165, 1.54) is 24.3 Å².